The van der Waals surface area contributed by atoms with E-state index in [0.717, 1.165) is 30.7 Å². The lowest BCUT2D eigenvalue weighted by Crippen LogP contribution is -2.37. The summed E-state index contributed by atoms with van der Waals surface area (Å²) in [5.41, 5.74) is 3.20. The van der Waals surface area contributed by atoms with E-state index in [1.165, 1.54) is 10.6 Å². The minimum atomic E-state index is -0.352. The number of amides is 1. The van der Waals surface area contributed by atoms with Gasteiger partial charge in [-0.15, -0.1) is 10.2 Å². The van der Waals surface area contributed by atoms with E-state index in [2.05, 4.69) is 30.6 Å². The number of H-pyrrole nitrogens is 1. The van der Waals surface area contributed by atoms with Gasteiger partial charge in [0.05, 0.1) is 17.7 Å². The molecule has 5 heterocycles. The third-order valence-electron chi connectivity index (χ3n) is 5.76. The first-order chi connectivity index (χ1) is 15.2. The molecule has 4 aromatic rings. The molecule has 0 aromatic carbocycles. The van der Waals surface area contributed by atoms with Crippen molar-refractivity contribution in [3.05, 3.63) is 71.4 Å². The zero-order valence-electron chi connectivity index (χ0n) is 16.5. The van der Waals surface area contributed by atoms with Crippen LogP contribution in [0, 0.1) is 5.82 Å². The maximum Gasteiger partial charge on any atom is 0.272 e. The summed E-state index contributed by atoms with van der Waals surface area (Å²) >= 11 is 0. The highest BCUT2D eigenvalue weighted by molar-refractivity contribution is 5.92. The predicted octanol–water partition coefficient (Wildman–Crippen LogP) is 2.03. The zero-order valence-corrected chi connectivity index (χ0v) is 16.5. The van der Waals surface area contributed by atoms with Crippen molar-refractivity contribution in [2.45, 2.75) is 31.3 Å². The lowest BCUT2D eigenvalue weighted by atomic mass is 9.99. The number of imidazole rings is 1. The van der Waals surface area contributed by atoms with Gasteiger partial charge in [-0.25, -0.2) is 13.9 Å². The molecule has 2 N–H and O–H groups in total. The van der Waals surface area contributed by atoms with Gasteiger partial charge in [0.2, 0.25) is 0 Å². The molecule has 0 unspecified atom stereocenters. The Morgan fingerprint density at radius 1 is 1.23 bits per heavy atom. The Morgan fingerprint density at radius 3 is 2.90 bits per heavy atom. The van der Waals surface area contributed by atoms with Crippen LogP contribution in [-0.2, 0) is 6.42 Å². The Balaban J connectivity index is 1.38. The number of fused-ring (bicyclic) bond motifs is 2. The molecule has 0 saturated heterocycles. The predicted molar refractivity (Wildman–Crippen MR) is 109 cm³/mol. The standard InChI is InChI=1S/C21H19FN8O/c22-13-2-1-8-30-17(13)10-16(28-30)20-19-14(23-11-24-19)7-9-29(20)18-6-5-15(26-27-18)21(31)25-12-3-4-12/h1-2,5-6,8,10-12,20H,3-4,7,9H2,(H,23,24)(H,25,31)/t20-/m1/s1. The molecule has 1 saturated carbocycles. The van der Waals surface area contributed by atoms with Crippen LogP contribution in [0.4, 0.5) is 10.2 Å². The fraction of sp³-hybridized carbons (Fsp3) is 0.286. The normalized spacial score (nSPS) is 18.2. The average Bonchev–Trinajstić information content (AvgIpc) is 3.29. The van der Waals surface area contributed by atoms with Gasteiger partial charge < -0.3 is 15.2 Å². The van der Waals surface area contributed by atoms with Gasteiger partial charge >= 0.3 is 0 Å². The van der Waals surface area contributed by atoms with Crippen molar-refractivity contribution in [3.63, 3.8) is 0 Å². The molecule has 1 fully saturated rings. The van der Waals surface area contributed by atoms with Gasteiger partial charge in [-0.05, 0) is 43.2 Å². The summed E-state index contributed by atoms with van der Waals surface area (Å²) in [4.78, 5) is 22.0. The first kappa shape index (κ1) is 18.0. The second-order valence-corrected chi connectivity index (χ2v) is 7.89. The summed E-state index contributed by atoms with van der Waals surface area (Å²) in [7, 11) is 0. The summed E-state index contributed by atoms with van der Waals surface area (Å²) in [6.45, 7) is 0.651. The highest BCUT2D eigenvalue weighted by Crippen LogP contribution is 2.36. The van der Waals surface area contributed by atoms with Crippen LogP contribution in [0.25, 0.3) is 5.52 Å². The van der Waals surface area contributed by atoms with Crippen molar-refractivity contribution in [3.8, 4) is 0 Å². The van der Waals surface area contributed by atoms with Crippen LogP contribution < -0.4 is 10.2 Å². The van der Waals surface area contributed by atoms with Crippen LogP contribution in [0.15, 0.2) is 42.9 Å². The third kappa shape index (κ3) is 3.11. The summed E-state index contributed by atoms with van der Waals surface area (Å²) in [5, 5.41) is 16.0. The van der Waals surface area contributed by atoms with E-state index in [9.17, 15) is 9.18 Å². The molecule has 4 aromatic heterocycles. The van der Waals surface area contributed by atoms with Gasteiger partial charge in [0.1, 0.15) is 17.4 Å². The molecule has 31 heavy (non-hydrogen) atoms. The minimum absolute atomic E-state index is 0.206. The van der Waals surface area contributed by atoms with Gasteiger partial charge in [-0.1, -0.05) is 0 Å². The minimum Gasteiger partial charge on any atom is -0.348 e. The molecule has 9 nitrogen and oxygen atoms in total. The Bertz CT molecular complexity index is 1280. The van der Waals surface area contributed by atoms with E-state index in [4.69, 9.17) is 0 Å². The molecule has 6 rings (SSSR count). The smallest absolute Gasteiger partial charge is 0.272 e. The number of rotatable bonds is 4. The number of aromatic nitrogens is 6. The number of pyridine rings is 1. The van der Waals surface area contributed by atoms with Crippen LogP contribution in [0.3, 0.4) is 0 Å². The molecule has 1 atom stereocenters. The van der Waals surface area contributed by atoms with Gasteiger partial charge in [0, 0.05) is 30.9 Å². The number of aromatic amines is 1. The van der Waals surface area contributed by atoms with Crippen LogP contribution >= 0.6 is 0 Å². The van der Waals surface area contributed by atoms with Crippen molar-refractivity contribution in [2.24, 2.45) is 0 Å². The molecular weight excluding hydrogens is 399 g/mol. The molecular formula is C21H19FN8O. The maximum atomic E-state index is 14.3. The fourth-order valence-corrected chi connectivity index (χ4v) is 4.04. The van der Waals surface area contributed by atoms with Gasteiger partial charge in [0.25, 0.3) is 5.91 Å². The second kappa shape index (κ2) is 6.86. The van der Waals surface area contributed by atoms with Gasteiger partial charge in [0.15, 0.2) is 11.5 Å². The van der Waals surface area contributed by atoms with Gasteiger partial charge in [-0.3, -0.25) is 4.79 Å². The number of anilines is 1. The van der Waals surface area contributed by atoms with Crippen molar-refractivity contribution < 1.29 is 9.18 Å². The quantitative estimate of drug-likeness (QED) is 0.526. The topological polar surface area (TPSA) is 104 Å². The van der Waals surface area contributed by atoms with E-state index in [0.29, 0.717) is 29.3 Å². The van der Waals surface area contributed by atoms with Crippen LogP contribution in [0.5, 0.6) is 0 Å². The largest absolute Gasteiger partial charge is 0.348 e. The summed E-state index contributed by atoms with van der Waals surface area (Å²) < 4.78 is 15.8. The van der Waals surface area contributed by atoms with Crippen molar-refractivity contribution in [1.29, 1.82) is 0 Å². The lowest BCUT2D eigenvalue weighted by Gasteiger charge is -2.34. The van der Waals surface area contributed by atoms with Crippen LogP contribution in [0.2, 0.25) is 0 Å². The van der Waals surface area contributed by atoms with E-state index in [1.54, 1.807) is 36.8 Å². The molecule has 156 valence electrons. The number of nitrogens with one attached hydrogen (secondary N) is 2. The van der Waals surface area contributed by atoms with E-state index in [1.807, 2.05) is 4.90 Å². The number of nitrogens with zero attached hydrogens (tertiary/aromatic N) is 6. The van der Waals surface area contributed by atoms with E-state index < -0.39 is 0 Å². The molecule has 0 spiro atoms. The molecule has 10 heteroatoms. The summed E-state index contributed by atoms with van der Waals surface area (Å²) in [6, 6.07) is 8.15. The summed E-state index contributed by atoms with van der Waals surface area (Å²) in [5.74, 6) is 0.0676. The number of carbonyl (C=O) groups is 1. The fourth-order valence-electron chi connectivity index (χ4n) is 4.04. The molecule has 1 amide bonds. The maximum absolute atomic E-state index is 14.3. The lowest BCUT2D eigenvalue weighted by molar-refractivity contribution is 0.0945. The van der Waals surface area contributed by atoms with Crippen molar-refractivity contribution >= 4 is 17.2 Å². The molecule has 2 aliphatic rings. The Labute approximate surface area is 176 Å². The number of carbonyl (C=O) groups excluding carboxylic acids is 1. The first-order valence-corrected chi connectivity index (χ1v) is 10.2. The van der Waals surface area contributed by atoms with E-state index >= 15 is 0 Å². The molecule has 0 bridgehead atoms. The Kier molecular flexibility index (Phi) is 3.98. The molecule has 0 radical (unpaired) electrons. The van der Waals surface area contributed by atoms with Gasteiger partial charge in [-0.2, -0.15) is 5.10 Å². The Morgan fingerprint density at radius 2 is 2.13 bits per heavy atom. The second-order valence-electron chi connectivity index (χ2n) is 7.89. The number of hydrogen-bond acceptors (Lipinski definition) is 6. The van der Waals surface area contributed by atoms with Crippen molar-refractivity contribution in [2.75, 3.05) is 11.4 Å². The highest BCUT2D eigenvalue weighted by Gasteiger charge is 2.34. The highest BCUT2D eigenvalue weighted by atomic mass is 19.1. The van der Waals surface area contributed by atoms with E-state index in [-0.39, 0.29) is 23.8 Å². The average molecular weight is 418 g/mol. The zero-order chi connectivity index (χ0) is 20.9. The first-order valence-electron chi connectivity index (χ1n) is 10.2. The van der Waals surface area contributed by atoms with Crippen molar-refractivity contribution in [1.82, 2.24) is 35.1 Å². The summed E-state index contributed by atoms with van der Waals surface area (Å²) in [6.07, 6.45) is 6.15. The monoisotopic (exact) mass is 418 g/mol. The Hall–Kier alpha value is -3.82. The molecule has 1 aliphatic carbocycles. The number of hydrogen-bond donors (Lipinski definition) is 2. The van der Waals surface area contributed by atoms with Crippen LogP contribution in [-0.4, -0.2) is 48.3 Å². The molecule has 1 aliphatic heterocycles. The number of halogens is 1. The van der Waals surface area contributed by atoms with Crippen LogP contribution in [0.1, 0.15) is 46.5 Å². The third-order valence-corrected chi connectivity index (χ3v) is 5.76. The SMILES string of the molecule is O=C(NC1CC1)c1ccc(N2CCc3[nH]cnc3[C@H]2c2cc3c(F)cccn3n2)nn1.